The molecule has 0 aliphatic rings. The van der Waals surface area contributed by atoms with Gasteiger partial charge >= 0.3 is 10.1 Å². The molecule has 0 spiro atoms. The van der Waals surface area contributed by atoms with E-state index in [1.165, 1.54) is 25.1 Å². The summed E-state index contributed by atoms with van der Waals surface area (Å²) in [5, 5.41) is 0.936. The summed E-state index contributed by atoms with van der Waals surface area (Å²) in [6.07, 6.45) is 1.35. The Hall–Kier alpha value is -1.36. The van der Waals surface area contributed by atoms with Crippen LogP contribution in [0.15, 0.2) is 29.7 Å². The van der Waals surface area contributed by atoms with Crippen LogP contribution in [-0.4, -0.2) is 8.42 Å². The molecule has 0 saturated carbocycles. The number of allylic oxidation sites excluding steroid dienone is 1. The quantitative estimate of drug-likeness (QED) is 0.749. The third kappa shape index (κ3) is 3.36. The van der Waals surface area contributed by atoms with Crippen molar-refractivity contribution in [2.45, 2.75) is 13.8 Å². The van der Waals surface area contributed by atoms with Gasteiger partial charge in [0.05, 0.1) is 5.41 Å². The molecule has 0 N–H and O–H groups in total. The lowest BCUT2D eigenvalue weighted by Gasteiger charge is -2.04. The molecule has 0 saturated heterocycles. The van der Waals surface area contributed by atoms with Gasteiger partial charge in [0.2, 0.25) is 0 Å². The molecule has 0 unspecified atom stereocenters. The van der Waals surface area contributed by atoms with Gasteiger partial charge in [-0.1, -0.05) is 6.08 Å². The van der Waals surface area contributed by atoms with E-state index >= 15 is 0 Å². The third-order valence-corrected chi connectivity index (χ3v) is 2.67. The summed E-state index contributed by atoms with van der Waals surface area (Å²) in [5.74, 6) is -0.294. The van der Waals surface area contributed by atoms with Crippen LogP contribution in [0.1, 0.15) is 12.5 Å². The third-order valence-electron chi connectivity index (χ3n) is 1.64. The lowest BCUT2D eigenvalue weighted by molar-refractivity contribution is 0.495. The van der Waals surface area contributed by atoms with Gasteiger partial charge in [0.25, 0.3) is 0 Å². The Bertz CT molecular complexity index is 477. The molecule has 1 aromatic carbocycles. The highest BCUT2D eigenvalue weighted by molar-refractivity contribution is 7.90. The minimum absolute atomic E-state index is 0.104. The lowest BCUT2D eigenvalue weighted by atomic mass is 10.2. The molecule has 0 fully saturated rings. The summed E-state index contributed by atoms with van der Waals surface area (Å²) >= 11 is 0. The monoisotopic (exact) mass is 230 g/mol. The second kappa shape index (κ2) is 4.44. The summed E-state index contributed by atoms with van der Waals surface area (Å²) in [7, 11) is -3.72. The Labute approximate surface area is 88.3 Å². The zero-order chi connectivity index (χ0) is 11.5. The molecule has 0 aliphatic heterocycles. The van der Waals surface area contributed by atoms with E-state index in [1.807, 2.05) is 0 Å². The van der Waals surface area contributed by atoms with Crippen molar-refractivity contribution in [2.24, 2.45) is 0 Å². The fourth-order valence-corrected chi connectivity index (χ4v) is 1.76. The number of benzene rings is 1. The predicted molar refractivity (Wildman–Crippen MR) is 55.5 cm³/mol. The van der Waals surface area contributed by atoms with Gasteiger partial charge in [-0.3, -0.25) is 0 Å². The molecule has 0 amide bonds. The molecular formula is C10H11FO3S. The molecule has 82 valence electrons. The molecule has 15 heavy (non-hydrogen) atoms. The SMILES string of the molecule is C/C=C/S(=O)(=O)Oc1ccc(F)c(C)c1. The van der Waals surface area contributed by atoms with Gasteiger partial charge in [-0.2, -0.15) is 8.42 Å². The van der Waals surface area contributed by atoms with E-state index in [0.717, 1.165) is 11.5 Å². The smallest absolute Gasteiger partial charge is 0.331 e. The van der Waals surface area contributed by atoms with Gasteiger partial charge in [-0.15, -0.1) is 0 Å². The summed E-state index contributed by atoms with van der Waals surface area (Å²) < 4.78 is 39.9. The van der Waals surface area contributed by atoms with Gasteiger partial charge in [-0.05, 0) is 37.6 Å². The number of hydrogen-bond acceptors (Lipinski definition) is 3. The van der Waals surface area contributed by atoms with Gasteiger partial charge < -0.3 is 4.18 Å². The van der Waals surface area contributed by atoms with E-state index in [2.05, 4.69) is 0 Å². The van der Waals surface area contributed by atoms with Crippen molar-refractivity contribution in [3.8, 4) is 5.75 Å². The molecule has 0 aliphatic carbocycles. The first-order chi connectivity index (χ1) is 6.94. The fraction of sp³-hybridized carbons (Fsp3) is 0.200. The van der Waals surface area contributed by atoms with Crippen molar-refractivity contribution in [3.63, 3.8) is 0 Å². The van der Waals surface area contributed by atoms with E-state index in [9.17, 15) is 12.8 Å². The summed E-state index contributed by atoms with van der Waals surface area (Å²) in [6, 6.07) is 3.76. The Morgan fingerprint density at radius 3 is 2.60 bits per heavy atom. The highest BCUT2D eigenvalue weighted by atomic mass is 32.2. The van der Waals surface area contributed by atoms with Crippen LogP contribution in [0.5, 0.6) is 5.75 Å². The second-order valence-corrected chi connectivity index (χ2v) is 4.38. The lowest BCUT2D eigenvalue weighted by Crippen LogP contribution is -2.05. The van der Waals surface area contributed by atoms with Gasteiger partial charge in [0.1, 0.15) is 11.6 Å². The number of aryl methyl sites for hydroxylation is 1. The average Bonchev–Trinajstić information content (AvgIpc) is 2.10. The maximum absolute atomic E-state index is 12.9. The van der Waals surface area contributed by atoms with E-state index in [-0.39, 0.29) is 5.75 Å². The highest BCUT2D eigenvalue weighted by Crippen LogP contribution is 2.17. The summed E-state index contributed by atoms with van der Waals surface area (Å²) in [4.78, 5) is 0. The molecule has 0 atom stereocenters. The van der Waals surface area contributed by atoms with Crippen LogP contribution in [-0.2, 0) is 10.1 Å². The maximum Gasteiger partial charge on any atom is 0.331 e. The molecule has 0 bridgehead atoms. The second-order valence-electron chi connectivity index (χ2n) is 2.96. The summed E-state index contributed by atoms with van der Waals surface area (Å²) in [5.41, 5.74) is 0.336. The zero-order valence-electron chi connectivity index (χ0n) is 8.40. The van der Waals surface area contributed by atoms with Crippen molar-refractivity contribution in [3.05, 3.63) is 41.1 Å². The van der Waals surface area contributed by atoms with E-state index in [0.29, 0.717) is 5.56 Å². The average molecular weight is 230 g/mol. The largest absolute Gasteiger partial charge is 0.379 e. The molecule has 0 aromatic heterocycles. The molecule has 1 aromatic rings. The van der Waals surface area contributed by atoms with Crippen molar-refractivity contribution in [1.29, 1.82) is 0 Å². The van der Waals surface area contributed by atoms with Crippen LogP contribution < -0.4 is 4.18 Å². The van der Waals surface area contributed by atoms with Crippen LogP contribution in [0.4, 0.5) is 4.39 Å². The number of hydrogen-bond donors (Lipinski definition) is 0. The molecule has 0 heterocycles. The normalized spacial score (nSPS) is 11.9. The van der Waals surface area contributed by atoms with Crippen molar-refractivity contribution < 1.29 is 17.0 Å². The predicted octanol–water partition coefficient (Wildman–Crippen LogP) is 2.38. The highest BCUT2D eigenvalue weighted by Gasteiger charge is 2.08. The molecule has 0 radical (unpaired) electrons. The van der Waals surface area contributed by atoms with Crippen LogP contribution in [0.25, 0.3) is 0 Å². The minimum Gasteiger partial charge on any atom is -0.379 e. The molecule has 3 nitrogen and oxygen atoms in total. The molecule has 1 rings (SSSR count). The van der Waals surface area contributed by atoms with Crippen molar-refractivity contribution in [2.75, 3.05) is 0 Å². The standard InChI is InChI=1S/C10H11FO3S/c1-3-6-15(12,13)14-9-4-5-10(11)8(2)7-9/h3-7H,1-2H3/b6-3+. The van der Waals surface area contributed by atoms with Gasteiger partial charge in [0, 0.05) is 0 Å². The van der Waals surface area contributed by atoms with E-state index < -0.39 is 15.9 Å². The Balaban J connectivity index is 2.96. The molecule has 5 heteroatoms. The van der Waals surface area contributed by atoms with Crippen molar-refractivity contribution in [1.82, 2.24) is 0 Å². The maximum atomic E-state index is 12.9. The Kier molecular flexibility index (Phi) is 3.47. The number of halogens is 1. The Morgan fingerprint density at radius 2 is 2.07 bits per heavy atom. The van der Waals surface area contributed by atoms with Gasteiger partial charge in [-0.25, -0.2) is 4.39 Å². The zero-order valence-corrected chi connectivity index (χ0v) is 9.21. The van der Waals surface area contributed by atoms with E-state index in [1.54, 1.807) is 6.92 Å². The topological polar surface area (TPSA) is 43.4 Å². The first-order valence-corrected chi connectivity index (χ1v) is 5.75. The van der Waals surface area contributed by atoms with E-state index in [4.69, 9.17) is 4.18 Å². The van der Waals surface area contributed by atoms with Crippen LogP contribution >= 0.6 is 0 Å². The van der Waals surface area contributed by atoms with Crippen LogP contribution in [0, 0.1) is 12.7 Å². The Morgan fingerprint density at radius 1 is 1.40 bits per heavy atom. The summed E-state index contributed by atoms with van der Waals surface area (Å²) in [6.45, 7) is 3.10. The van der Waals surface area contributed by atoms with Crippen molar-refractivity contribution >= 4 is 10.1 Å². The van der Waals surface area contributed by atoms with Crippen LogP contribution in [0.2, 0.25) is 0 Å². The van der Waals surface area contributed by atoms with Gasteiger partial charge in [0.15, 0.2) is 0 Å². The molecular weight excluding hydrogens is 219 g/mol. The fourth-order valence-electron chi connectivity index (χ4n) is 0.998. The first-order valence-electron chi connectivity index (χ1n) is 4.28. The van der Waals surface area contributed by atoms with Crippen LogP contribution in [0.3, 0.4) is 0 Å². The number of rotatable bonds is 3. The first kappa shape index (κ1) is 11.7. The minimum atomic E-state index is -3.72.